The van der Waals surface area contributed by atoms with Crippen LogP contribution in [0.5, 0.6) is 5.75 Å². The molecule has 1 aliphatic heterocycles. The van der Waals surface area contributed by atoms with Crippen LogP contribution in [0.15, 0.2) is 54.6 Å². The number of hydrogen-bond acceptors (Lipinski definition) is 5. The molecule has 1 saturated heterocycles. The van der Waals surface area contributed by atoms with Crippen LogP contribution in [0.2, 0.25) is 0 Å². The second kappa shape index (κ2) is 9.77. The Hall–Kier alpha value is -3.48. The Balaban J connectivity index is 1.42. The molecule has 32 heavy (non-hydrogen) atoms. The molecule has 166 valence electrons. The van der Waals surface area contributed by atoms with Gasteiger partial charge >= 0.3 is 0 Å². The van der Waals surface area contributed by atoms with Gasteiger partial charge in [-0.2, -0.15) is 0 Å². The van der Waals surface area contributed by atoms with Gasteiger partial charge in [-0.1, -0.05) is 30.3 Å². The van der Waals surface area contributed by atoms with Crippen LogP contribution >= 0.6 is 0 Å². The summed E-state index contributed by atoms with van der Waals surface area (Å²) in [6.45, 7) is 6.49. The van der Waals surface area contributed by atoms with Crippen LogP contribution in [0.3, 0.4) is 0 Å². The van der Waals surface area contributed by atoms with Crippen LogP contribution in [0.1, 0.15) is 22.6 Å². The Morgan fingerprint density at radius 1 is 0.969 bits per heavy atom. The highest BCUT2D eigenvalue weighted by Crippen LogP contribution is 2.25. The molecule has 0 unspecified atom stereocenters. The van der Waals surface area contributed by atoms with E-state index in [2.05, 4.69) is 9.88 Å². The number of anilines is 1. The highest BCUT2D eigenvalue weighted by molar-refractivity contribution is 5.78. The third-order valence-corrected chi connectivity index (χ3v) is 5.64. The van der Waals surface area contributed by atoms with Crippen LogP contribution in [0.4, 0.5) is 10.2 Å². The Morgan fingerprint density at radius 2 is 1.66 bits per heavy atom. The molecule has 0 atom stereocenters. The van der Waals surface area contributed by atoms with Gasteiger partial charge in [-0.25, -0.2) is 14.4 Å². The zero-order valence-corrected chi connectivity index (χ0v) is 18.4. The Labute approximate surface area is 187 Å². The minimum absolute atomic E-state index is 0.0184. The maximum Gasteiger partial charge on any atom is 0.260 e. The maximum atomic E-state index is 13.3. The summed E-state index contributed by atoms with van der Waals surface area (Å²) in [6, 6.07) is 15.9. The quantitative estimate of drug-likeness (QED) is 0.594. The van der Waals surface area contributed by atoms with Gasteiger partial charge in [0.25, 0.3) is 5.91 Å². The molecular formula is C25H27FN4O2. The fourth-order valence-corrected chi connectivity index (χ4v) is 3.91. The van der Waals surface area contributed by atoms with Gasteiger partial charge in [-0.05, 0) is 43.7 Å². The molecule has 0 N–H and O–H groups in total. The Kier molecular flexibility index (Phi) is 6.63. The average molecular weight is 435 g/mol. The molecule has 6 nitrogen and oxygen atoms in total. The fraction of sp³-hybridized carbons (Fsp3) is 0.320. The first kappa shape index (κ1) is 21.7. The lowest BCUT2D eigenvalue weighted by atomic mass is 10.0. The lowest BCUT2D eigenvalue weighted by Crippen LogP contribution is -2.50. The van der Waals surface area contributed by atoms with Gasteiger partial charge < -0.3 is 14.5 Å². The molecule has 1 aliphatic rings. The summed E-state index contributed by atoms with van der Waals surface area (Å²) in [5.74, 6) is 2.04. The van der Waals surface area contributed by atoms with E-state index in [0.717, 1.165) is 28.5 Å². The van der Waals surface area contributed by atoms with Crippen molar-refractivity contribution < 1.29 is 13.9 Å². The first-order chi connectivity index (χ1) is 15.5. The second-order valence-corrected chi connectivity index (χ2v) is 7.93. The number of carbonyl (C=O) groups excluding carboxylic acids is 1. The highest BCUT2D eigenvalue weighted by Gasteiger charge is 2.25. The molecule has 1 aromatic heterocycles. The van der Waals surface area contributed by atoms with Crippen LogP contribution in [-0.4, -0.2) is 53.6 Å². The molecule has 0 bridgehead atoms. The van der Waals surface area contributed by atoms with Gasteiger partial charge in [0.05, 0.1) is 0 Å². The van der Waals surface area contributed by atoms with Crippen molar-refractivity contribution in [3.05, 3.63) is 83.1 Å². The lowest BCUT2D eigenvalue weighted by molar-refractivity contribution is -0.133. The molecule has 0 saturated carbocycles. The molecule has 2 aromatic carbocycles. The van der Waals surface area contributed by atoms with Gasteiger partial charge in [0.2, 0.25) is 0 Å². The molecule has 1 amide bonds. The van der Waals surface area contributed by atoms with E-state index < -0.39 is 0 Å². The first-order valence-electron chi connectivity index (χ1n) is 10.8. The summed E-state index contributed by atoms with van der Waals surface area (Å²) in [6.07, 6.45) is 0.631. The lowest BCUT2D eigenvalue weighted by Gasteiger charge is -2.36. The van der Waals surface area contributed by atoms with Gasteiger partial charge in [-0.15, -0.1) is 0 Å². The smallest absolute Gasteiger partial charge is 0.260 e. The number of hydrogen-bond donors (Lipinski definition) is 0. The van der Waals surface area contributed by atoms with E-state index in [0.29, 0.717) is 38.3 Å². The first-order valence-corrected chi connectivity index (χ1v) is 10.8. The molecule has 4 rings (SSSR count). The number of nitrogens with zero attached hydrogens (tertiary/aromatic N) is 4. The minimum Gasteiger partial charge on any atom is -0.484 e. The van der Waals surface area contributed by atoms with Crippen molar-refractivity contribution >= 4 is 11.7 Å². The summed E-state index contributed by atoms with van der Waals surface area (Å²) < 4.78 is 18.9. The van der Waals surface area contributed by atoms with Crippen molar-refractivity contribution in [1.29, 1.82) is 0 Å². The third-order valence-electron chi connectivity index (χ3n) is 5.64. The Morgan fingerprint density at radius 3 is 2.34 bits per heavy atom. The molecule has 0 spiro atoms. The molecule has 1 fully saturated rings. The van der Waals surface area contributed by atoms with Crippen molar-refractivity contribution in [2.24, 2.45) is 0 Å². The number of benzene rings is 2. The molecule has 0 radical (unpaired) electrons. The van der Waals surface area contributed by atoms with E-state index in [9.17, 15) is 9.18 Å². The zero-order chi connectivity index (χ0) is 22.5. The number of amides is 1. The number of para-hydroxylation sites is 1. The minimum atomic E-state index is -0.247. The number of piperazine rings is 1. The van der Waals surface area contributed by atoms with Crippen molar-refractivity contribution in [1.82, 2.24) is 14.9 Å². The second-order valence-electron chi connectivity index (χ2n) is 7.93. The molecule has 3 aromatic rings. The predicted molar refractivity (Wildman–Crippen MR) is 121 cm³/mol. The summed E-state index contributed by atoms with van der Waals surface area (Å²) in [5, 5.41) is 0. The monoisotopic (exact) mass is 434 g/mol. The van der Waals surface area contributed by atoms with E-state index in [-0.39, 0.29) is 18.3 Å². The summed E-state index contributed by atoms with van der Waals surface area (Å²) in [5.41, 5.74) is 2.97. The standard InChI is InChI=1S/C25H27FN4O2/c1-18-23(16-20-8-10-21(26)11-9-20)25(28-19(2)27-18)30-14-12-29(13-15-30)24(31)17-32-22-6-4-3-5-7-22/h3-11H,12-17H2,1-2H3. The van der Waals surface area contributed by atoms with E-state index in [1.165, 1.54) is 12.1 Å². The predicted octanol–water partition coefficient (Wildman–Crippen LogP) is 3.55. The van der Waals surface area contributed by atoms with Gasteiger partial charge in [0.1, 0.15) is 23.2 Å². The van der Waals surface area contributed by atoms with Crippen LogP contribution in [0, 0.1) is 19.7 Å². The summed E-state index contributed by atoms with van der Waals surface area (Å²) in [4.78, 5) is 25.9. The van der Waals surface area contributed by atoms with E-state index in [1.54, 1.807) is 12.1 Å². The largest absolute Gasteiger partial charge is 0.484 e. The number of aromatic nitrogens is 2. The molecule has 2 heterocycles. The number of aryl methyl sites for hydroxylation is 2. The number of ether oxygens (including phenoxy) is 1. The van der Waals surface area contributed by atoms with E-state index in [4.69, 9.17) is 9.72 Å². The van der Waals surface area contributed by atoms with Gasteiger partial charge in [-0.3, -0.25) is 4.79 Å². The van der Waals surface area contributed by atoms with Crippen molar-refractivity contribution in [2.45, 2.75) is 20.3 Å². The molecule has 7 heteroatoms. The maximum absolute atomic E-state index is 13.3. The third kappa shape index (κ3) is 5.22. The normalized spacial score (nSPS) is 13.8. The van der Waals surface area contributed by atoms with Gasteiger partial charge in [0.15, 0.2) is 6.61 Å². The summed E-state index contributed by atoms with van der Waals surface area (Å²) in [7, 11) is 0. The average Bonchev–Trinajstić information content (AvgIpc) is 2.81. The number of carbonyl (C=O) groups is 1. The zero-order valence-electron chi connectivity index (χ0n) is 18.4. The van der Waals surface area contributed by atoms with Crippen LogP contribution < -0.4 is 9.64 Å². The number of halogens is 1. The molecular weight excluding hydrogens is 407 g/mol. The Bertz CT molecular complexity index is 1070. The highest BCUT2D eigenvalue weighted by atomic mass is 19.1. The number of rotatable bonds is 6. The SMILES string of the molecule is Cc1nc(C)c(Cc2ccc(F)cc2)c(N2CCN(C(=O)COc3ccccc3)CC2)n1. The van der Waals surface area contributed by atoms with Crippen molar-refractivity contribution in [3.63, 3.8) is 0 Å². The van der Waals surface area contributed by atoms with E-state index >= 15 is 0 Å². The van der Waals surface area contributed by atoms with E-state index in [1.807, 2.05) is 49.1 Å². The molecule has 0 aliphatic carbocycles. The van der Waals surface area contributed by atoms with Gasteiger partial charge in [0, 0.05) is 43.9 Å². The topological polar surface area (TPSA) is 58.6 Å². The van der Waals surface area contributed by atoms with Crippen molar-refractivity contribution in [3.8, 4) is 5.75 Å². The van der Waals surface area contributed by atoms with Crippen molar-refractivity contribution in [2.75, 3.05) is 37.7 Å². The fourth-order valence-electron chi connectivity index (χ4n) is 3.91. The van der Waals surface area contributed by atoms with Crippen LogP contribution in [-0.2, 0) is 11.2 Å². The summed E-state index contributed by atoms with van der Waals surface area (Å²) >= 11 is 0. The van der Waals surface area contributed by atoms with Crippen LogP contribution in [0.25, 0.3) is 0 Å².